The van der Waals surface area contributed by atoms with E-state index in [1.807, 2.05) is 6.92 Å². The maximum absolute atomic E-state index is 14.1. The Hall–Kier alpha value is -2.34. The molecule has 0 radical (unpaired) electrons. The van der Waals surface area contributed by atoms with E-state index in [0.717, 1.165) is 45.1 Å². The molecule has 2 heterocycles. The van der Waals surface area contributed by atoms with Gasteiger partial charge in [-0.1, -0.05) is 37.5 Å². The summed E-state index contributed by atoms with van der Waals surface area (Å²) in [4.78, 5) is 32.5. The van der Waals surface area contributed by atoms with Crippen molar-refractivity contribution >= 4 is 22.7 Å². The zero-order valence-corrected chi connectivity index (χ0v) is 20.0. The Bertz CT molecular complexity index is 995. The summed E-state index contributed by atoms with van der Waals surface area (Å²) in [7, 11) is 1.79. The van der Waals surface area contributed by atoms with Crippen LogP contribution in [0.25, 0.3) is 10.9 Å². The molecule has 1 saturated heterocycles. The molecule has 6 nitrogen and oxygen atoms in total. The van der Waals surface area contributed by atoms with Crippen molar-refractivity contribution in [3.63, 3.8) is 0 Å². The highest BCUT2D eigenvalue weighted by atomic mass is 16.2. The van der Waals surface area contributed by atoms with Crippen LogP contribution in [0.15, 0.2) is 30.5 Å². The number of hydrogen-bond acceptors (Lipinski definition) is 3. The smallest absolute Gasteiger partial charge is 0.245 e. The van der Waals surface area contributed by atoms with Gasteiger partial charge in [0.25, 0.3) is 0 Å². The fraction of sp³-hybridized carbons (Fsp3) is 0.630. The van der Waals surface area contributed by atoms with E-state index in [9.17, 15) is 9.59 Å². The van der Waals surface area contributed by atoms with Crippen LogP contribution in [0.2, 0.25) is 0 Å². The maximum Gasteiger partial charge on any atom is 0.245 e. The normalized spacial score (nSPS) is 27.5. The van der Waals surface area contributed by atoms with Crippen molar-refractivity contribution in [3.8, 4) is 0 Å². The van der Waals surface area contributed by atoms with Crippen LogP contribution in [0, 0.1) is 11.8 Å². The number of rotatable bonds is 6. The zero-order valence-electron chi connectivity index (χ0n) is 20.0. The number of likely N-dealkylation sites (tertiary alicyclic amines) is 1. The molecular weight excluding hydrogens is 412 g/mol. The number of nitrogens with zero attached hydrogens (tertiary/aromatic N) is 1. The standard InChI is InChI=1S/C27H38N4O2/c1-17(28-2)26(32)30-24(18-8-4-3-5-9-18)27(33)31-15-14-19-12-13-21(25(19)31)22-16-29-23-11-7-6-10-20(22)23/h6-7,10-11,16-19,21,24-25,28-29H,3-5,8-9,12-15H2,1-2H3,(H,30,32)/t17-,19+,21+,24-,25-/m0/s1. The van der Waals surface area contributed by atoms with E-state index in [4.69, 9.17) is 0 Å². The van der Waals surface area contributed by atoms with E-state index in [1.165, 1.54) is 29.3 Å². The lowest BCUT2D eigenvalue weighted by molar-refractivity contribution is -0.139. The molecule has 0 spiro atoms. The highest BCUT2D eigenvalue weighted by Gasteiger charge is 2.49. The summed E-state index contributed by atoms with van der Waals surface area (Å²) >= 11 is 0. The third-order valence-corrected chi connectivity index (χ3v) is 8.66. The molecule has 3 N–H and O–H groups in total. The minimum absolute atomic E-state index is 0.0724. The highest BCUT2D eigenvalue weighted by Crippen LogP contribution is 2.48. The van der Waals surface area contributed by atoms with Crippen LogP contribution in [0.4, 0.5) is 0 Å². The first-order chi connectivity index (χ1) is 16.1. The van der Waals surface area contributed by atoms with Gasteiger partial charge in [-0.25, -0.2) is 0 Å². The van der Waals surface area contributed by atoms with Gasteiger partial charge in [0.15, 0.2) is 0 Å². The number of para-hydroxylation sites is 1. The minimum atomic E-state index is -0.406. The van der Waals surface area contributed by atoms with Crippen LogP contribution < -0.4 is 10.6 Å². The van der Waals surface area contributed by atoms with Crippen molar-refractivity contribution in [2.75, 3.05) is 13.6 Å². The van der Waals surface area contributed by atoms with E-state index in [1.54, 1.807) is 7.05 Å². The number of likely N-dealkylation sites (N-methyl/N-ethyl adjacent to an activating group) is 1. The quantitative estimate of drug-likeness (QED) is 0.624. The summed E-state index contributed by atoms with van der Waals surface area (Å²) in [6.07, 6.45) is 11.1. The Labute approximate surface area is 196 Å². The molecule has 6 heteroatoms. The van der Waals surface area contributed by atoms with Crippen LogP contribution in [0.3, 0.4) is 0 Å². The van der Waals surface area contributed by atoms with Crippen molar-refractivity contribution in [2.45, 2.75) is 82.3 Å². The second-order valence-electron chi connectivity index (χ2n) is 10.4. The lowest BCUT2D eigenvalue weighted by atomic mass is 9.82. The summed E-state index contributed by atoms with van der Waals surface area (Å²) in [6, 6.07) is 8.01. The fourth-order valence-corrected chi connectivity index (χ4v) is 6.74. The van der Waals surface area contributed by atoms with Gasteiger partial charge < -0.3 is 20.5 Å². The molecule has 2 aromatic rings. The summed E-state index contributed by atoms with van der Waals surface area (Å²) in [5.74, 6) is 1.24. The number of benzene rings is 1. The number of carbonyl (C=O) groups excluding carboxylic acids is 2. The van der Waals surface area contributed by atoms with E-state index in [0.29, 0.717) is 11.8 Å². The van der Waals surface area contributed by atoms with Crippen LogP contribution >= 0.6 is 0 Å². The zero-order chi connectivity index (χ0) is 22.9. The number of aromatic nitrogens is 1. The molecule has 2 saturated carbocycles. The minimum Gasteiger partial charge on any atom is -0.361 e. The summed E-state index contributed by atoms with van der Waals surface area (Å²) in [6.45, 7) is 2.67. The first-order valence-corrected chi connectivity index (χ1v) is 12.9. The number of amides is 2. The lowest BCUT2D eigenvalue weighted by Crippen LogP contribution is -2.57. The second kappa shape index (κ2) is 9.49. The number of hydrogen-bond donors (Lipinski definition) is 3. The number of aromatic amines is 1. The third kappa shape index (κ3) is 4.18. The first-order valence-electron chi connectivity index (χ1n) is 12.9. The number of H-pyrrole nitrogens is 1. The molecule has 1 aliphatic heterocycles. The maximum atomic E-state index is 14.1. The Balaban J connectivity index is 1.42. The molecule has 33 heavy (non-hydrogen) atoms. The molecule has 0 unspecified atom stereocenters. The van der Waals surface area contributed by atoms with E-state index < -0.39 is 6.04 Å². The molecule has 1 aromatic carbocycles. The molecule has 2 amide bonds. The Kier molecular flexibility index (Phi) is 6.46. The Morgan fingerprint density at radius 3 is 2.64 bits per heavy atom. The molecule has 1 aromatic heterocycles. The summed E-state index contributed by atoms with van der Waals surface area (Å²) in [5, 5.41) is 7.48. The molecule has 3 aliphatic rings. The van der Waals surface area contributed by atoms with Gasteiger partial charge in [-0.3, -0.25) is 9.59 Å². The van der Waals surface area contributed by atoms with E-state index >= 15 is 0 Å². The largest absolute Gasteiger partial charge is 0.361 e. The molecule has 3 fully saturated rings. The molecule has 5 atom stereocenters. The molecule has 178 valence electrons. The Morgan fingerprint density at radius 2 is 1.85 bits per heavy atom. The third-order valence-electron chi connectivity index (χ3n) is 8.66. The van der Waals surface area contributed by atoms with Crippen molar-refractivity contribution < 1.29 is 9.59 Å². The van der Waals surface area contributed by atoms with E-state index in [-0.39, 0.29) is 29.8 Å². The SMILES string of the molecule is CN[C@@H](C)C(=O)N[C@H](C(=O)N1CC[C@H]2CC[C@H](c3c[nH]c4ccccc34)[C@H]21)C1CCCCC1. The molecule has 0 bridgehead atoms. The molecule has 2 aliphatic carbocycles. The number of fused-ring (bicyclic) bond motifs is 2. The lowest BCUT2D eigenvalue weighted by Gasteiger charge is -2.37. The average molecular weight is 451 g/mol. The predicted octanol–water partition coefficient (Wildman–Crippen LogP) is 3.94. The van der Waals surface area contributed by atoms with Crippen LogP contribution in [0.1, 0.15) is 69.8 Å². The van der Waals surface area contributed by atoms with Gasteiger partial charge in [0, 0.05) is 35.6 Å². The number of nitrogens with one attached hydrogen (secondary N) is 3. The van der Waals surface area contributed by atoms with Gasteiger partial charge in [-0.05, 0) is 69.5 Å². The second-order valence-corrected chi connectivity index (χ2v) is 10.4. The van der Waals surface area contributed by atoms with Crippen molar-refractivity contribution in [1.29, 1.82) is 0 Å². The van der Waals surface area contributed by atoms with Gasteiger partial charge in [-0.2, -0.15) is 0 Å². The summed E-state index contributed by atoms with van der Waals surface area (Å²) < 4.78 is 0. The van der Waals surface area contributed by atoms with Gasteiger partial charge >= 0.3 is 0 Å². The van der Waals surface area contributed by atoms with Crippen LogP contribution in [-0.2, 0) is 9.59 Å². The first kappa shape index (κ1) is 22.5. The topological polar surface area (TPSA) is 77.2 Å². The molecular formula is C27H38N4O2. The van der Waals surface area contributed by atoms with Gasteiger partial charge in [-0.15, -0.1) is 0 Å². The van der Waals surface area contributed by atoms with E-state index in [2.05, 4.69) is 51.0 Å². The van der Waals surface area contributed by atoms with Crippen LogP contribution in [0.5, 0.6) is 0 Å². The molecule has 5 rings (SSSR count). The predicted molar refractivity (Wildman–Crippen MR) is 131 cm³/mol. The van der Waals surface area contributed by atoms with Gasteiger partial charge in [0.1, 0.15) is 6.04 Å². The number of carbonyl (C=O) groups is 2. The van der Waals surface area contributed by atoms with Crippen molar-refractivity contribution in [2.24, 2.45) is 11.8 Å². The highest BCUT2D eigenvalue weighted by molar-refractivity contribution is 5.90. The van der Waals surface area contributed by atoms with Crippen molar-refractivity contribution in [3.05, 3.63) is 36.0 Å². The average Bonchev–Trinajstić information content (AvgIpc) is 3.57. The Morgan fingerprint density at radius 1 is 1.06 bits per heavy atom. The van der Waals surface area contributed by atoms with Gasteiger partial charge in [0.2, 0.25) is 11.8 Å². The fourth-order valence-electron chi connectivity index (χ4n) is 6.74. The van der Waals surface area contributed by atoms with Gasteiger partial charge in [0.05, 0.1) is 6.04 Å². The van der Waals surface area contributed by atoms with Crippen LogP contribution in [-0.4, -0.2) is 53.4 Å². The summed E-state index contributed by atoms with van der Waals surface area (Å²) in [5.41, 5.74) is 2.51. The monoisotopic (exact) mass is 450 g/mol. The van der Waals surface area contributed by atoms with Crippen molar-refractivity contribution in [1.82, 2.24) is 20.5 Å².